The third-order valence-corrected chi connectivity index (χ3v) is 4.93. The number of rotatable bonds is 4. The molecule has 2 aromatic carbocycles. The predicted octanol–water partition coefficient (Wildman–Crippen LogP) is 4.21. The van der Waals surface area contributed by atoms with Crippen LogP contribution in [0.25, 0.3) is 6.08 Å². The lowest BCUT2D eigenvalue weighted by atomic mass is 10.1. The van der Waals surface area contributed by atoms with Crippen molar-refractivity contribution in [2.24, 2.45) is 0 Å². The van der Waals surface area contributed by atoms with Gasteiger partial charge in [0.25, 0.3) is 5.91 Å². The number of phenols is 1. The van der Waals surface area contributed by atoms with Crippen LogP contribution in [0, 0.1) is 0 Å². The van der Waals surface area contributed by atoms with E-state index in [9.17, 15) is 9.90 Å². The maximum atomic E-state index is 12.1. The van der Waals surface area contributed by atoms with Crippen LogP contribution in [0.3, 0.4) is 0 Å². The Morgan fingerprint density at radius 1 is 1.29 bits per heavy atom. The van der Waals surface area contributed by atoms with Crippen LogP contribution in [0.1, 0.15) is 18.1 Å². The third kappa shape index (κ3) is 3.86. The van der Waals surface area contributed by atoms with Crippen LogP contribution in [0.15, 0.2) is 47.4 Å². The second-order valence-electron chi connectivity index (χ2n) is 5.38. The molecule has 1 amide bonds. The van der Waals surface area contributed by atoms with E-state index in [0.29, 0.717) is 15.5 Å². The highest BCUT2D eigenvalue weighted by atomic mass is 35.5. The molecule has 1 aliphatic heterocycles. The monoisotopic (exact) mass is 360 g/mol. The minimum atomic E-state index is -0.252. The molecule has 24 heavy (non-hydrogen) atoms. The van der Waals surface area contributed by atoms with Gasteiger partial charge in [0.05, 0.1) is 4.91 Å². The molecule has 0 spiro atoms. The lowest BCUT2D eigenvalue weighted by Gasteiger charge is -2.12. The van der Waals surface area contributed by atoms with E-state index < -0.39 is 0 Å². The number of carbonyl (C=O) groups excluding carboxylic acids is 1. The summed E-state index contributed by atoms with van der Waals surface area (Å²) in [6.45, 7) is 2.11. The fourth-order valence-corrected chi connectivity index (χ4v) is 3.49. The van der Waals surface area contributed by atoms with E-state index in [1.165, 1.54) is 23.4 Å². The number of aromatic hydroxyl groups is 1. The molecule has 0 aromatic heterocycles. The molecule has 1 atom stereocenters. The van der Waals surface area contributed by atoms with Gasteiger partial charge in [0.1, 0.15) is 5.75 Å². The minimum Gasteiger partial charge on any atom is -0.507 e. The van der Waals surface area contributed by atoms with E-state index in [-0.39, 0.29) is 17.2 Å². The Labute approximate surface area is 149 Å². The van der Waals surface area contributed by atoms with Gasteiger partial charge in [0.15, 0.2) is 5.50 Å². The normalized spacial score (nSPS) is 18.7. The number of hydrogen-bond acceptors (Lipinski definition) is 4. The molecular weight excluding hydrogens is 344 g/mol. The summed E-state index contributed by atoms with van der Waals surface area (Å²) in [6.07, 6.45) is 2.63. The van der Waals surface area contributed by atoms with Crippen molar-refractivity contribution in [3.8, 4) is 5.75 Å². The summed E-state index contributed by atoms with van der Waals surface area (Å²) in [7, 11) is 0. The van der Waals surface area contributed by atoms with E-state index >= 15 is 0 Å². The highest BCUT2D eigenvalue weighted by Crippen LogP contribution is 2.32. The second kappa shape index (κ2) is 7.20. The molecule has 6 heteroatoms. The molecule has 2 aromatic rings. The summed E-state index contributed by atoms with van der Waals surface area (Å²) in [5, 5.41) is 16.5. The number of carbonyl (C=O) groups is 1. The van der Waals surface area contributed by atoms with Crippen LogP contribution in [-0.2, 0) is 11.2 Å². The van der Waals surface area contributed by atoms with Crippen molar-refractivity contribution in [2.45, 2.75) is 18.8 Å². The Hall–Kier alpha value is -2.11. The molecule has 0 aliphatic carbocycles. The number of halogens is 1. The van der Waals surface area contributed by atoms with Crippen molar-refractivity contribution in [2.75, 3.05) is 5.32 Å². The summed E-state index contributed by atoms with van der Waals surface area (Å²) < 4.78 is 0. The molecular formula is C18H17ClN2O2S. The Balaban J connectivity index is 1.73. The van der Waals surface area contributed by atoms with Crippen molar-refractivity contribution in [1.29, 1.82) is 0 Å². The van der Waals surface area contributed by atoms with Gasteiger partial charge in [-0.2, -0.15) is 0 Å². The number of aryl methyl sites for hydroxylation is 1. The topological polar surface area (TPSA) is 61.4 Å². The molecule has 3 N–H and O–H groups in total. The SMILES string of the molecule is CCc1ccc(NC2NC(=O)/C(=C/c3cc(Cl)ccc3O)S2)cc1. The zero-order valence-electron chi connectivity index (χ0n) is 13.0. The van der Waals surface area contributed by atoms with E-state index in [1.54, 1.807) is 18.2 Å². The highest BCUT2D eigenvalue weighted by molar-refractivity contribution is 8.05. The molecule has 3 rings (SSSR count). The molecule has 0 radical (unpaired) electrons. The molecule has 4 nitrogen and oxygen atoms in total. The fourth-order valence-electron chi connectivity index (χ4n) is 2.34. The van der Waals surface area contributed by atoms with Gasteiger partial charge < -0.3 is 15.7 Å². The first-order valence-corrected chi connectivity index (χ1v) is 8.84. The summed E-state index contributed by atoms with van der Waals surface area (Å²) in [6, 6.07) is 12.9. The Morgan fingerprint density at radius 3 is 2.75 bits per heavy atom. The number of hydrogen-bond donors (Lipinski definition) is 3. The molecule has 1 unspecified atom stereocenters. The molecule has 0 saturated carbocycles. The van der Waals surface area contributed by atoms with Gasteiger partial charge in [0.2, 0.25) is 0 Å². The zero-order valence-corrected chi connectivity index (χ0v) is 14.6. The Bertz CT molecular complexity index is 790. The third-order valence-electron chi connectivity index (χ3n) is 3.67. The van der Waals surface area contributed by atoms with Gasteiger partial charge in [-0.25, -0.2) is 0 Å². The second-order valence-corrected chi connectivity index (χ2v) is 6.96. The maximum absolute atomic E-state index is 12.1. The largest absolute Gasteiger partial charge is 0.507 e. The van der Waals surface area contributed by atoms with E-state index in [0.717, 1.165) is 12.1 Å². The average Bonchev–Trinajstić information content (AvgIpc) is 2.91. The summed E-state index contributed by atoms with van der Waals surface area (Å²) >= 11 is 7.31. The number of nitrogens with one attached hydrogen (secondary N) is 2. The summed E-state index contributed by atoms with van der Waals surface area (Å²) in [5.41, 5.74) is 2.48. The molecule has 1 heterocycles. The lowest BCUT2D eigenvalue weighted by molar-refractivity contribution is -0.116. The average molecular weight is 361 g/mol. The van der Waals surface area contributed by atoms with Crippen molar-refractivity contribution in [3.05, 3.63) is 63.5 Å². The Morgan fingerprint density at radius 2 is 2.04 bits per heavy atom. The van der Waals surface area contributed by atoms with Crippen LogP contribution in [0.4, 0.5) is 5.69 Å². The van der Waals surface area contributed by atoms with Gasteiger partial charge in [-0.05, 0) is 48.4 Å². The van der Waals surface area contributed by atoms with Crippen molar-refractivity contribution in [3.63, 3.8) is 0 Å². The van der Waals surface area contributed by atoms with Crippen LogP contribution in [-0.4, -0.2) is 16.5 Å². The van der Waals surface area contributed by atoms with Crippen molar-refractivity contribution in [1.82, 2.24) is 5.32 Å². The van der Waals surface area contributed by atoms with Gasteiger partial charge in [-0.3, -0.25) is 4.79 Å². The molecule has 1 saturated heterocycles. The van der Waals surface area contributed by atoms with Gasteiger partial charge >= 0.3 is 0 Å². The van der Waals surface area contributed by atoms with Crippen molar-refractivity contribution >= 4 is 41.0 Å². The first-order chi connectivity index (χ1) is 11.5. The standard InChI is InChI=1S/C18H17ClN2O2S/c1-2-11-3-6-14(7-4-11)20-18-21-17(23)16(24-18)10-12-9-13(19)5-8-15(12)22/h3-10,18,20,22H,2H2,1H3,(H,21,23)/b16-10-. The van der Waals surface area contributed by atoms with Gasteiger partial charge in [-0.1, -0.05) is 42.4 Å². The summed E-state index contributed by atoms with van der Waals surface area (Å²) in [4.78, 5) is 12.6. The molecule has 1 aliphatic rings. The van der Waals surface area contributed by atoms with E-state index in [4.69, 9.17) is 11.6 Å². The van der Waals surface area contributed by atoms with Crippen LogP contribution in [0.2, 0.25) is 5.02 Å². The van der Waals surface area contributed by atoms with Gasteiger partial charge in [0, 0.05) is 16.3 Å². The first kappa shape index (κ1) is 16.7. The quantitative estimate of drug-likeness (QED) is 0.715. The van der Waals surface area contributed by atoms with Crippen LogP contribution >= 0.6 is 23.4 Å². The lowest BCUT2D eigenvalue weighted by Crippen LogP contribution is -2.30. The van der Waals surface area contributed by atoms with Crippen LogP contribution < -0.4 is 10.6 Å². The number of phenolic OH excluding ortho intramolecular Hbond substituents is 1. The van der Waals surface area contributed by atoms with Crippen LogP contribution in [0.5, 0.6) is 5.75 Å². The minimum absolute atomic E-state index is 0.0897. The Kier molecular flexibility index (Phi) is 5.02. The highest BCUT2D eigenvalue weighted by Gasteiger charge is 2.27. The predicted molar refractivity (Wildman–Crippen MR) is 100 cm³/mol. The number of benzene rings is 2. The van der Waals surface area contributed by atoms with E-state index in [1.807, 2.05) is 12.1 Å². The smallest absolute Gasteiger partial charge is 0.260 e. The van der Waals surface area contributed by atoms with Crippen molar-refractivity contribution < 1.29 is 9.90 Å². The summed E-state index contributed by atoms with van der Waals surface area (Å²) in [5.74, 6) is -0.0890. The first-order valence-electron chi connectivity index (χ1n) is 7.58. The number of anilines is 1. The van der Waals surface area contributed by atoms with Gasteiger partial charge in [-0.15, -0.1) is 0 Å². The molecule has 124 valence electrons. The molecule has 0 bridgehead atoms. The maximum Gasteiger partial charge on any atom is 0.260 e. The van der Waals surface area contributed by atoms with E-state index in [2.05, 4.69) is 29.7 Å². The number of amides is 1. The number of thioether (sulfide) groups is 1. The fraction of sp³-hybridized carbons (Fsp3) is 0.167. The molecule has 1 fully saturated rings. The zero-order chi connectivity index (χ0) is 17.1.